The van der Waals surface area contributed by atoms with Gasteiger partial charge in [-0.25, -0.2) is 0 Å². The van der Waals surface area contributed by atoms with E-state index >= 15 is 0 Å². The topological polar surface area (TPSA) is 18.5 Å². The molecule has 0 bridgehead atoms. The van der Waals surface area contributed by atoms with Crippen molar-refractivity contribution >= 4 is 22.0 Å². The van der Waals surface area contributed by atoms with Gasteiger partial charge >= 0.3 is 0 Å². The highest BCUT2D eigenvalue weighted by Crippen LogP contribution is 2.48. The molecule has 0 amide bonds. The summed E-state index contributed by atoms with van der Waals surface area (Å²) in [5.74, 6) is 1.84. The first-order valence-electron chi connectivity index (χ1n) is 8.28. The number of hydrogen-bond acceptors (Lipinski definition) is 2. The maximum Gasteiger partial charge on any atom is 0.230 e. The summed E-state index contributed by atoms with van der Waals surface area (Å²) in [6, 6.07) is 8.69. The van der Waals surface area contributed by atoms with E-state index in [-0.39, 0.29) is 0 Å². The molecule has 2 nitrogen and oxygen atoms in total. The Kier molecular flexibility index (Phi) is 3.14. The largest absolute Gasteiger partial charge is 0.458 e. The summed E-state index contributed by atoms with van der Waals surface area (Å²) in [5, 5.41) is 0. The van der Waals surface area contributed by atoms with Crippen molar-refractivity contribution in [3.05, 3.63) is 85.3 Å². The van der Waals surface area contributed by atoms with E-state index in [0.29, 0.717) is 6.79 Å². The number of benzene rings is 1. The van der Waals surface area contributed by atoms with E-state index in [4.69, 9.17) is 9.47 Å². The van der Waals surface area contributed by atoms with Crippen LogP contribution in [0.2, 0.25) is 0 Å². The fraction of sp³-hybridized carbons (Fsp3) is 0.238. The Morgan fingerprint density at radius 3 is 2.83 bits per heavy atom. The Morgan fingerprint density at radius 1 is 1.08 bits per heavy atom. The van der Waals surface area contributed by atoms with Gasteiger partial charge in [-0.05, 0) is 69.1 Å². The van der Waals surface area contributed by atoms with E-state index in [1.807, 2.05) is 0 Å². The number of ether oxygens (including phenoxy) is 2. The molecule has 0 atom stereocenters. The van der Waals surface area contributed by atoms with Crippen LogP contribution in [0.3, 0.4) is 0 Å². The minimum atomic E-state index is 0.332. The molecule has 0 spiro atoms. The Hall–Kier alpha value is -2.00. The highest BCUT2D eigenvalue weighted by atomic mass is 79.9. The van der Waals surface area contributed by atoms with Crippen LogP contribution < -0.4 is 0 Å². The van der Waals surface area contributed by atoms with Gasteiger partial charge in [0, 0.05) is 6.42 Å². The molecule has 0 fully saturated rings. The summed E-state index contributed by atoms with van der Waals surface area (Å²) in [6.07, 6.45) is 7.55. The molecular weight excluding hydrogens is 364 g/mol. The van der Waals surface area contributed by atoms with Crippen molar-refractivity contribution in [3.8, 4) is 0 Å². The third-order valence-corrected chi connectivity index (χ3v) is 6.01. The van der Waals surface area contributed by atoms with Gasteiger partial charge in [-0.3, -0.25) is 0 Å². The van der Waals surface area contributed by atoms with Gasteiger partial charge in [0.15, 0.2) is 5.76 Å². The molecule has 1 aliphatic heterocycles. The van der Waals surface area contributed by atoms with Crippen LogP contribution in [0.4, 0.5) is 0 Å². The van der Waals surface area contributed by atoms with Gasteiger partial charge in [0.25, 0.3) is 0 Å². The van der Waals surface area contributed by atoms with Crippen molar-refractivity contribution in [2.24, 2.45) is 0 Å². The predicted molar refractivity (Wildman–Crippen MR) is 98.2 cm³/mol. The minimum Gasteiger partial charge on any atom is -0.458 e. The molecule has 0 radical (unpaired) electrons. The van der Waals surface area contributed by atoms with Crippen LogP contribution in [-0.4, -0.2) is 6.79 Å². The summed E-state index contributed by atoms with van der Waals surface area (Å²) >= 11 is 3.72. The van der Waals surface area contributed by atoms with Crippen LogP contribution in [0.5, 0.6) is 0 Å². The average Bonchev–Trinajstić information content (AvgIpc) is 3.27. The van der Waals surface area contributed by atoms with Gasteiger partial charge in [-0.15, -0.1) is 0 Å². The molecule has 4 aliphatic rings. The third kappa shape index (κ3) is 2.07. The SMILES string of the molecule is CC1=CC2=C(Br)C3=C(CC2=C1CC1=Cc2ccccc2C1)OCO3. The molecule has 0 saturated heterocycles. The zero-order valence-electron chi connectivity index (χ0n) is 13.5. The molecule has 0 aromatic heterocycles. The van der Waals surface area contributed by atoms with Crippen LogP contribution in [-0.2, 0) is 15.9 Å². The van der Waals surface area contributed by atoms with Crippen LogP contribution >= 0.6 is 15.9 Å². The zero-order valence-corrected chi connectivity index (χ0v) is 15.1. The first-order chi connectivity index (χ1) is 11.7. The Balaban J connectivity index is 1.50. The zero-order chi connectivity index (χ0) is 16.3. The first-order valence-corrected chi connectivity index (χ1v) is 9.07. The lowest BCUT2D eigenvalue weighted by atomic mass is 9.92. The van der Waals surface area contributed by atoms with Gasteiger partial charge in [0.05, 0.1) is 4.48 Å². The first kappa shape index (κ1) is 14.4. The van der Waals surface area contributed by atoms with Gasteiger partial charge in [0.1, 0.15) is 5.76 Å². The van der Waals surface area contributed by atoms with Crippen LogP contribution in [0, 0.1) is 0 Å². The van der Waals surface area contributed by atoms with Crippen LogP contribution in [0.25, 0.3) is 6.08 Å². The average molecular weight is 381 g/mol. The van der Waals surface area contributed by atoms with Gasteiger partial charge in [-0.1, -0.05) is 42.0 Å². The van der Waals surface area contributed by atoms with Crippen molar-refractivity contribution in [3.63, 3.8) is 0 Å². The highest BCUT2D eigenvalue weighted by molar-refractivity contribution is 9.12. The molecule has 0 unspecified atom stereocenters. The van der Waals surface area contributed by atoms with E-state index in [1.54, 1.807) is 0 Å². The Labute approximate surface area is 150 Å². The van der Waals surface area contributed by atoms with Gasteiger partial charge in [-0.2, -0.15) is 0 Å². The summed E-state index contributed by atoms with van der Waals surface area (Å²) in [6.45, 7) is 2.54. The summed E-state index contributed by atoms with van der Waals surface area (Å²) in [7, 11) is 0. The van der Waals surface area contributed by atoms with Gasteiger partial charge < -0.3 is 9.47 Å². The molecule has 120 valence electrons. The van der Waals surface area contributed by atoms with E-state index in [1.165, 1.54) is 39.0 Å². The number of fused-ring (bicyclic) bond motifs is 2. The Bertz CT molecular complexity index is 925. The lowest BCUT2D eigenvalue weighted by Crippen LogP contribution is -2.03. The highest BCUT2D eigenvalue weighted by Gasteiger charge is 2.34. The maximum atomic E-state index is 5.66. The van der Waals surface area contributed by atoms with Crippen molar-refractivity contribution in [2.75, 3.05) is 6.79 Å². The maximum absolute atomic E-state index is 5.66. The van der Waals surface area contributed by atoms with Gasteiger partial charge in [0.2, 0.25) is 6.79 Å². The lowest BCUT2D eigenvalue weighted by Gasteiger charge is -2.17. The number of rotatable bonds is 2. The second kappa shape index (κ2) is 5.25. The normalized spacial score (nSPS) is 21.2. The fourth-order valence-electron chi connectivity index (χ4n) is 4.03. The quantitative estimate of drug-likeness (QED) is 0.670. The van der Waals surface area contributed by atoms with E-state index in [9.17, 15) is 0 Å². The number of halogens is 1. The lowest BCUT2D eigenvalue weighted by molar-refractivity contribution is 0.0734. The molecular formula is C21H17BrO2. The van der Waals surface area contributed by atoms with E-state index in [2.05, 4.69) is 59.3 Å². The van der Waals surface area contributed by atoms with Crippen molar-refractivity contribution in [1.29, 1.82) is 0 Å². The van der Waals surface area contributed by atoms with Crippen LogP contribution in [0.15, 0.2) is 74.2 Å². The second-order valence-corrected chi connectivity index (χ2v) is 7.50. The van der Waals surface area contributed by atoms with E-state index in [0.717, 1.165) is 35.3 Å². The van der Waals surface area contributed by atoms with Crippen molar-refractivity contribution in [2.45, 2.75) is 26.2 Å². The molecule has 1 aromatic rings. The molecule has 0 saturated carbocycles. The second-order valence-electron chi connectivity index (χ2n) is 6.70. The van der Waals surface area contributed by atoms with Crippen LogP contribution in [0.1, 0.15) is 30.9 Å². The minimum absolute atomic E-state index is 0.332. The standard InChI is InChI=1S/C21H17BrO2/c1-12-6-18-17(10-19-21(20(18)22)24-11-23-19)16(12)9-13-7-14-4-2-3-5-15(14)8-13/h2-7H,8-11H2,1H3. The number of allylic oxidation sites excluding steroid dienone is 7. The monoisotopic (exact) mass is 380 g/mol. The molecule has 1 aromatic carbocycles. The smallest absolute Gasteiger partial charge is 0.230 e. The van der Waals surface area contributed by atoms with E-state index < -0.39 is 0 Å². The summed E-state index contributed by atoms with van der Waals surface area (Å²) < 4.78 is 12.3. The predicted octanol–water partition coefficient (Wildman–Crippen LogP) is 5.54. The molecule has 3 aliphatic carbocycles. The molecule has 5 rings (SSSR count). The molecule has 3 heteroatoms. The summed E-state index contributed by atoms with van der Waals surface area (Å²) in [5.41, 5.74) is 9.76. The Morgan fingerprint density at radius 2 is 1.96 bits per heavy atom. The fourth-order valence-corrected chi connectivity index (χ4v) is 4.72. The third-order valence-electron chi connectivity index (χ3n) is 5.23. The van der Waals surface area contributed by atoms with Crippen molar-refractivity contribution < 1.29 is 9.47 Å². The number of hydrogen-bond donors (Lipinski definition) is 0. The summed E-state index contributed by atoms with van der Waals surface area (Å²) in [4.78, 5) is 0. The molecule has 0 N–H and O–H groups in total. The van der Waals surface area contributed by atoms with Crippen molar-refractivity contribution in [1.82, 2.24) is 0 Å². The molecule has 24 heavy (non-hydrogen) atoms. The molecule has 1 heterocycles.